The van der Waals surface area contributed by atoms with Gasteiger partial charge in [0.25, 0.3) is 0 Å². The molecule has 1 unspecified atom stereocenters. The molecule has 0 aliphatic carbocycles. The predicted octanol–water partition coefficient (Wildman–Crippen LogP) is 2.34. The Bertz CT molecular complexity index is 130. The third kappa shape index (κ3) is 7.42. The fraction of sp³-hybridized carbons (Fsp3) is 0.800. The lowest BCUT2D eigenvalue weighted by Crippen LogP contribution is -2.01. The van der Waals surface area contributed by atoms with E-state index in [2.05, 4.69) is 18.8 Å². The largest absolute Gasteiger partial charge is 0.380 e. The van der Waals surface area contributed by atoms with E-state index in [1.807, 2.05) is 6.92 Å². The first-order chi connectivity index (χ1) is 5.31. The van der Waals surface area contributed by atoms with Crippen molar-refractivity contribution in [2.24, 2.45) is 0 Å². The Morgan fingerprint density at radius 2 is 2.00 bits per heavy atom. The van der Waals surface area contributed by atoms with Gasteiger partial charge in [0, 0.05) is 6.42 Å². The summed E-state index contributed by atoms with van der Waals surface area (Å²) in [5, 5.41) is 9.23. The average Bonchev–Trinajstić information content (AvgIpc) is 2.01. The molecule has 1 nitrogen and oxygen atoms in total. The van der Waals surface area contributed by atoms with Crippen LogP contribution in [-0.2, 0) is 0 Å². The van der Waals surface area contributed by atoms with Gasteiger partial charge in [-0.3, -0.25) is 0 Å². The summed E-state index contributed by atoms with van der Waals surface area (Å²) in [5.41, 5.74) is 0. The minimum absolute atomic E-state index is 0.388. The molecular formula is C10H18O. The van der Waals surface area contributed by atoms with E-state index in [1.165, 1.54) is 12.8 Å². The van der Waals surface area contributed by atoms with Crippen molar-refractivity contribution in [3.05, 3.63) is 0 Å². The van der Waals surface area contributed by atoms with Gasteiger partial charge in [-0.1, -0.05) is 32.6 Å². The van der Waals surface area contributed by atoms with Crippen LogP contribution in [0.5, 0.6) is 0 Å². The third-order valence-electron chi connectivity index (χ3n) is 1.53. The number of hydrogen-bond donors (Lipinski definition) is 1. The zero-order chi connectivity index (χ0) is 8.53. The lowest BCUT2D eigenvalue weighted by molar-refractivity contribution is 0.217. The fourth-order valence-electron chi connectivity index (χ4n) is 0.880. The molecule has 0 saturated carbocycles. The van der Waals surface area contributed by atoms with Crippen molar-refractivity contribution in [3.8, 4) is 11.8 Å². The van der Waals surface area contributed by atoms with E-state index in [0.717, 1.165) is 19.3 Å². The summed E-state index contributed by atoms with van der Waals surface area (Å²) in [4.78, 5) is 0. The molecule has 0 bridgehead atoms. The van der Waals surface area contributed by atoms with Gasteiger partial charge in [-0.2, -0.15) is 0 Å². The molecule has 0 spiro atoms. The molecule has 1 heteroatoms. The van der Waals surface area contributed by atoms with Gasteiger partial charge in [0.1, 0.15) is 6.10 Å². The van der Waals surface area contributed by atoms with Crippen LogP contribution in [0.25, 0.3) is 0 Å². The van der Waals surface area contributed by atoms with Crippen molar-refractivity contribution >= 4 is 0 Å². The number of unbranched alkanes of at least 4 members (excludes halogenated alkanes) is 2. The first-order valence-electron chi connectivity index (χ1n) is 4.47. The highest BCUT2D eigenvalue weighted by atomic mass is 16.3. The summed E-state index contributed by atoms with van der Waals surface area (Å²) >= 11 is 0. The molecule has 11 heavy (non-hydrogen) atoms. The van der Waals surface area contributed by atoms with Gasteiger partial charge in [0.2, 0.25) is 0 Å². The summed E-state index contributed by atoms with van der Waals surface area (Å²) < 4.78 is 0. The molecule has 0 rings (SSSR count). The second-order valence-corrected chi connectivity index (χ2v) is 2.69. The highest BCUT2D eigenvalue weighted by Crippen LogP contribution is 2.01. The van der Waals surface area contributed by atoms with E-state index in [9.17, 15) is 5.11 Å². The molecule has 0 fully saturated rings. The van der Waals surface area contributed by atoms with Crippen LogP contribution in [0, 0.1) is 11.8 Å². The fourth-order valence-corrected chi connectivity index (χ4v) is 0.880. The predicted molar refractivity (Wildman–Crippen MR) is 48.2 cm³/mol. The molecule has 0 radical (unpaired) electrons. The van der Waals surface area contributed by atoms with Crippen LogP contribution >= 0.6 is 0 Å². The number of aliphatic hydroxyl groups excluding tert-OH is 1. The SMILES string of the molecule is CCC#CC(O)CCCCC. The summed E-state index contributed by atoms with van der Waals surface area (Å²) in [7, 11) is 0. The Hall–Kier alpha value is -0.480. The topological polar surface area (TPSA) is 20.2 Å². The standard InChI is InChI=1S/C10H18O/c1-3-5-7-9-10(11)8-6-4-2/h10-11H,3-5,7,9H2,1-2H3. The van der Waals surface area contributed by atoms with Crippen LogP contribution < -0.4 is 0 Å². The summed E-state index contributed by atoms with van der Waals surface area (Å²) in [6.45, 7) is 4.15. The number of hydrogen-bond acceptors (Lipinski definition) is 1. The Labute approximate surface area is 69.8 Å². The molecule has 0 amide bonds. The average molecular weight is 154 g/mol. The quantitative estimate of drug-likeness (QED) is 0.487. The summed E-state index contributed by atoms with van der Waals surface area (Å²) in [6, 6.07) is 0. The van der Waals surface area contributed by atoms with E-state index < -0.39 is 0 Å². The van der Waals surface area contributed by atoms with Gasteiger partial charge in [0.05, 0.1) is 0 Å². The molecule has 0 aromatic rings. The smallest absolute Gasteiger partial charge is 0.114 e. The van der Waals surface area contributed by atoms with Gasteiger partial charge in [-0.15, -0.1) is 5.92 Å². The highest BCUT2D eigenvalue weighted by Gasteiger charge is 1.96. The van der Waals surface area contributed by atoms with E-state index in [0.29, 0.717) is 0 Å². The normalized spacial score (nSPS) is 11.9. The Kier molecular flexibility index (Phi) is 7.29. The van der Waals surface area contributed by atoms with E-state index in [1.54, 1.807) is 0 Å². The number of rotatable bonds is 4. The maximum absolute atomic E-state index is 9.23. The Morgan fingerprint density at radius 1 is 1.27 bits per heavy atom. The van der Waals surface area contributed by atoms with E-state index in [4.69, 9.17) is 0 Å². The molecule has 0 aromatic carbocycles. The van der Waals surface area contributed by atoms with Gasteiger partial charge >= 0.3 is 0 Å². The van der Waals surface area contributed by atoms with E-state index >= 15 is 0 Å². The van der Waals surface area contributed by atoms with Crippen LogP contribution in [0.15, 0.2) is 0 Å². The summed E-state index contributed by atoms with van der Waals surface area (Å²) in [6.07, 6.45) is 4.78. The van der Waals surface area contributed by atoms with Crippen LogP contribution in [0.3, 0.4) is 0 Å². The van der Waals surface area contributed by atoms with Crippen LogP contribution in [0.4, 0.5) is 0 Å². The lowest BCUT2D eigenvalue weighted by Gasteiger charge is -2.00. The second kappa shape index (κ2) is 7.63. The van der Waals surface area contributed by atoms with Crippen LogP contribution in [0.1, 0.15) is 46.0 Å². The lowest BCUT2D eigenvalue weighted by atomic mass is 10.1. The Morgan fingerprint density at radius 3 is 2.55 bits per heavy atom. The first kappa shape index (κ1) is 10.5. The molecular weight excluding hydrogens is 136 g/mol. The van der Waals surface area contributed by atoms with Gasteiger partial charge in [0.15, 0.2) is 0 Å². The van der Waals surface area contributed by atoms with Crippen LogP contribution in [0.2, 0.25) is 0 Å². The van der Waals surface area contributed by atoms with Gasteiger partial charge < -0.3 is 5.11 Å². The number of aliphatic hydroxyl groups is 1. The second-order valence-electron chi connectivity index (χ2n) is 2.69. The highest BCUT2D eigenvalue weighted by molar-refractivity contribution is 5.03. The minimum atomic E-state index is -0.388. The maximum atomic E-state index is 9.23. The molecule has 0 aromatic heterocycles. The van der Waals surface area contributed by atoms with E-state index in [-0.39, 0.29) is 6.10 Å². The van der Waals surface area contributed by atoms with Crippen molar-refractivity contribution in [2.75, 3.05) is 0 Å². The van der Waals surface area contributed by atoms with Crippen molar-refractivity contribution in [2.45, 2.75) is 52.1 Å². The molecule has 0 aliphatic heterocycles. The summed E-state index contributed by atoms with van der Waals surface area (Å²) in [5.74, 6) is 5.67. The van der Waals surface area contributed by atoms with Crippen molar-refractivity contribution < 1.29 is 5.11 Å². The van der Waals surface area contributed by atoms with Crippen molar-refractivity contribution in [1.29, 1.82) is 0 Å². The molecule has 1 N–H and O–H groups in total. The molecule has 0 saturated heterocycles. The Balaban J connectivity index is 3.29. The van der Waals surface area contributed by atoms with Crippen LogP contribution in [-0.4, -0.2) is 11.2 Å². The van der Waals surface area contributed by atoms with Gasteiger partial charge in [-0.25, -0.2) is 0 Å². The third-order valence-corrected chi connectivity index (χ3v) is 1.53. The zero-order valence-corrected chi connectivity index (χ0v) is 7.56. The first-order valence-corrected chi connectivity index (χ1v) is 4.47. The van der Waals surface area contributed by atoms with Gasteiger partial charge in [-0.05, 0) is 12.8 Å². The molecule has 1 atom stereocenters. The van der Waals surface area contributed by atoms with Crippen molar-refractivity contribution in [3.63, 3.8) is 0 Å². The molecule has 0 heterocycles. The molecule has 0 aliphatic rings. The minimum Gasteiger partial charge on any atom is -0.380 e. The molecule has 64 valence electrons. The maximum Gasteiger partial charge on any atom is 0.114 e. The van der Waals surface area contributed by atoms with Crippen molar-refractivity contribution in [1.82, 2.24) is 0 Å². The zero-order valence-electron chi connectivity index (χ0n) is 7.56. The monoisotopic (exact) mass is 154 g/mol.